The van der Waals surface area contributed by atoms with Crippen molar-refractivity contribution in [2.24, 2.45) is 0 Å². The van der Waals surface area contributed by atoms with Gasteiger partial charge in [0.1, 0.15) is 0 Å². The Bertz CT molecular complexity index is 802. The van der Waals surface area contributed by atoms with Crippen LogP contribution in [0.15, 0.2) is 42.5 Å². The Morgan fingerprint density at radius 1 is 1.15 bits per heavy atom. The van der Waals surface area contributed by atoms with Crippen molar-refractivity contribution >= 4 is 11.9 Å². The van der Waals surface area contributed by atoms with E-state index in [9.17, 15) is 14.7 Å². The molecule has 0 bridgehead atoms. The van der Waals surface area contributed by atoms with Crippen molar-refractivity contribution in [3.8, 4) is 0 Å². The Kier molecular flexibility index (Phi) is 8.66. The molecule has 0 aliphatic carbocycles. The number of hydrogen-bond donors (Lipinski definition) is 2. The molecule has 0 saturated carbocycles. The third kappa shape index (κ3) is 5.74. The van der Waals surface area contributed by atoms with E-state index in [1.54, 1.807) is 0 Å². The predicted molar refractivity (Wildman–Crippen MR) is 93.2 cm³/mol. The number of hydrogen-bond acceptors (Lipinski definition) is 4. The summed E-state index contributed by atoms with van der Waals surface area (Å²) in [5.41, 5.74) is 2.25. The van der Waals surface area contributed by atoms with E-state index in [0.29, 0.717) is 6.54 Å². The van der Waals surface area contributed by atoms with E-state index in [1.165, 1.54) is 18.2 Å². The van der Waals surface area contributed by atoms with E-state index in [0.717, 1.165) is 11.1 Å². The van der Waals surface area contributed by atoms with Gasteiger partial charge in [-0.2, -0.15) is 0 Å². The van der Waals surface area contributed by atoms with E-state index in [2.05, 4.69) is 11.4 Å². The number of carbonyl (C=O) groups excluding carboxylic acids is 2. The largest absolute Gasteiger partial charge is 1.00 e. The number of carboxylic acid groups (broad SMARTS) is 1. The second kappa shape index (κ2) is 9.78. The zero-order valence-electron chi connectivity index (χ0n) is 15.6. The van der Waals surface area contributed by atoms with Gasteiger partial charge in [-0.05, 0) is 30.2 Å². The summed E-state index contributed by atoms with van der Waals surface area (Å²) in [6, 6.07) is 12.2. The molecule has 0 spiro atoms. The molecule has 2 aromatic rings. The monoisotopic (exact) mass is 379 g/mol. The van der Waals surface area contributed by atoms with Crippen LogP contribution >= 0.6 is 0 Å². The van der Waals surface area contributed by atoms with Gasteiger partial charge in [-0.1, -0.05) is 49.7 Å². The average molecular weight is 379 g/mol. The molecule has 0 saturated heterocycles. The van der Waals surface area contributed by atoms with Crippen molar-refractivity contribution in [2.45, 2.75) is 32.8 Å². The van der Waals surface area contributed by atoms with Crippen molar-refractivity contribution in [1.82, 2.24) is 5.32 Å². The minimum absolute atomic E-state index is 0. The van der Waals surface area contributed by atoms with E-state index >= 15 is 0 Å². The molecule has 2 N–H and O–H groups in total. The maximum Gasteiger partial charge on any atom is 1.00 e. The summed E-state index contributed by atoms with van der Waals surface area (Å²) in [6.45, 7) is 6.05. The molecule has 5 nitrogen and oxygen atoms in total. The molecule has 0 atom stereocenters. The number of amides is 1. The minimum Gasteiger partial charge on any atom is -0.545 e. The standard InChI is InChI=1S/C20H23NO4.K/c1-13-5-4-6-16(9-13)20(2,3)12-21-18(23)14-7-8-15(11-22)17(10-14)19(24)25;/h4-10,22H,11-12H2,1-3H3,(H,21,23)(H,24,25);/q;+1/p-1. The molecule has 0 fully saturated rings. The summed E-state index contributed by atoms with van der Waals surface area (Å²) >= 11 is 0. The van der Waals surface area contributed by atoms with Gasteiger partial charge in [0.2, 0.25) is 0 Å². The molecule has 0 heterocycles. The average Bonchev–Trinajstić information content (AvgIpc) is 2.59. The van der Waals surface area contributed by atoms with Gasteiger partial charge in [0.25, 0.3) is 5.91 Å². The Labute approximate surface area is 196 Å². The van der Waals surface area contributed by atoms with Crippen LogP contribution in [0.5, 0.6) is 0 Å². The van der Waals surface area contributed by atoms with Gasteiger partial charge in [0.15, 0.2) is 0 Å². The molecule has 26 heavy (non-hydrogen) atoms. The molecule has 0 radical (unpaired) electrons. The Morgan fingerprint density at radius 3 is 2.42 bits per heavy atom. The predicted octanol–water partition coefficient (Wildman–Crippen LogP) is -1.44. The van der Waals surface area contributed by atoms with Crippen LogP contribution in [0.1, 0.15) is 51.3 Å². The van der Waals surface area contributed by atoms with Crippen LogP contribution in [-0.2, 0) is 12.0 Å². The summed E-state index contributed by atoms with van der Waals surface area (Å²) in [5.74, 6) is -1.79. The van der Waals surface area contributed by atoms with Gasteiger partial charge in [-0.3, -0.25) is 4.79 Å². The van der Waals surface area contributed by atoms with Crippen molar-refractivity contribution < 1.29 is 71.2 Å². The normalized spacial score (nSPS) is 10.8. The van der Waals surface area contributed by atoms with Crippen LogP contribution < -0.4 is 61.8 Å². The second-order valence-electron chi connectivity index (χ2n) is 6.75. The van der Waals surface area contributed by atoms with Crippen molar-refractivity contribution in [2.75, 3.05) is 6.54 Å². The first-order valence-corrected chi connectivity index (χ1v) is 8.05. The van der Waals surface area contributed by atoms with Crippen LogP contribution in [0.25, 0.3) is 0 Å². The number of aliphatic hydroxyl groups excluding tert-OH is 1. The summed E-state index contributed by atoms with van der Waals surface area (Å²) in [6.07, 6.45) is 0. The number of rotatable bonds is 6. The number of aliphatic hydroxyl groups is 1. The van der Waals surface area contributed by atoms with Crippen LogP contribution in [0.4, 0.5) is 0 Å². The first-order valence-electron chi connectivity index (χ1n) is 8.05. The molecule has 0 aliphatic heterocycles. The van der Waals surface area contributed by atoms with Gasteiger partial charge in [0.05, 0.1) is 12.6 Å². The van der Waals surface area contributed by atoms with Crippen LogP contribution in [-0.4, -0.2) is 23.5 Å². The van der Waals surface area contributed by atoms with Gasteiger partial charge in [-0.25, -0.2) is 0 Å². The molecule has 132 valence electrons. The summed E-state index contributed by atoms with van der Waals surface area (Å²) in [4.78, 5) is 23.5. The summed E-state index contributed by atoms with van der Waals surface area (Å²) in [7, 11) is 0. The second-order valence-corrected chi connectivity index (χ2v) is 6.75. The molecule has 1 amide bonds. The Hall–Kier alpha value is -1.02. The van der Waals surface area contributed by atoms with E-state index in [1.807, 2.05) is 39.0 Å². The van der Waals surface area contributed by atoms with Gasteiger partial charge in [0, 0.05) is 23.1 Å². The smallest absolute Gasteiger partial charge is 0.545 e. The first-order chi connectivity index (χ1) is 11.7. The summed E-state index contributed by atoms with van der Waals surface area (Å²) < 4.78 is 0. The molecule has 2 rings (SSSR count). The minimum atomic E-state index is -1.42. The topological polar surface area (TPSA) is 89.5 Å². The maximum absolute atomic E-state index is 12.4. The fourth-order valence-electron chi connectivity index (χ4n) is 2.62. The van der Waals surface area contributed by atoms with E-state index < -0.39 is 12.6 Å². The zero-order valence-corrected chi connectivity index (χ0v) is 18.8. The third-order valence-electron chi connectivity index (χ3n) is 4.25. The number of carboxylic acids is 1. The first kappa shape index (κ1) is 23.0. The number of carbonyl (C=O) groups is 2. The molecule has 2 aromatic carbocycles. The Balaban J connectivity index is 0.00000338. The fourth-order valence-corrected chi connectivity index (χ4v) is 2.62. The summed E-state index contributed by atoms with van der Waals surface area (Å²) in [5, 5.41) is 23.1. The van der Waals surface area contributed by atoms with Crippen molar-refractivity contribution in [3.05, 3.63) is 70.3 Å². The molecular formula is C20H22KNO4. The maximum atomic E-state index is 12.4. The molecule has 0 unspecified atom stereocenters. The molecule has 6 heteroatoms. The molecule has 0 aliphatic rings. The molecule has 0 aromatic heterocycles. The third-order valence-corrected chi connectivity index (χ3v) is 4.25. The molecular weight excluding hydrogens is 357 g/mol. The zero-order chi connectivity index (χ0) is 18.6. The quantitative estimate of drug-likeness (QED) is 0.602. The Morgan fingerprint density at radius 2 is 1.85 bits per heavy atom. The van der Waals surface area contributed by atoms with Crippen LogP contribution in [0.3, 0.4) is 0 Å². The number of nitrogens with one attached hydrogen (secondary N) is 1. The van der Waals surface area contributed by atoms with Crippen molar-refractivity contribution in [3.63, 3.8) is 0 Å². The van der Waals surface area contributed by atoms with Gasteiger partial charge in [-0.15, -0.1) is 0 Å². The van der Waals surface area contributed by atoms with E-state index in [4.69, 9.17) is 5.11 Å². The SMILES string of the molecule is Cc1cccc(C(C)(C)CNC(=O)c2ccc(CO)c(C(=O)[O-])c2)c1.[K+]. The van der Waals surface area contributed by atoms with Crippen LogP contribution in [0.2, 0.25) is 0 Å². The van der Waals surface area contributed by atoms with Crippen LogP contribution in [0, 0.1) is 6.92 Å². The van der Waals surface area contributed by atoms with Gasteiger partial charge >= 0.3 is 51.4 Å². The number of aryl methyl sites for hydroxylation is 1. The van der Waals surface area contributed by atoms with Gasteiger partial charge < -0.3 is 20.3 Å². The number of benzene rings is 2. The fraction of sp³-hybridized carbons (Fsp3) is 0.300. The van der Waals surface area contributed by atoms with Crippen molar-refractivity contribution in [1.29, 1.82) is 0 Å². The van der Waals surface area contributed by atoms with E-state index in [-0.39, 0.29) is 79.4 Å². The number of aromatic carboxylic acids is 1.